The zero-order chi connectivity index (χ0) is 27.6. The first-order chi connectivity index (χ1) is 18.8. The third kappa shape index (κ3) is 4.44. The maximum absolute atomic E-state index is 14.5. The van der Waals surface area contributed by atoms with E-state index in [0.29, 0.717) is 16.7 Å². The van der Waals surface area contributed by atoms with Gasteiger partial charge in [0.1, 0.15) is 5.60 Å². The highest BCUT2D eigenvalue weighted by Gasteiger charge is 2.64. The fourth-order valence-corrected chi connectivity index (χ4v) is 6.26. The van der Waals surface area contributed by atoms with Crippen molar-refractivity contribution in [1.29, 1.82) is 10.5 Å². The number of hydrogen-bond acceptors (Lipinski definition) is 4. The minimum Gasteiger partial charge on any atom is -0.384 e. The Kier molecular flexibility index (Phi) is 6.92. The van der Waals surface area contributed by atoms with Crippen LogP contribution in [0.5, 0.6) is 0 Å². The molecule has 1 aliphatic carbocycles. The number of ketones is 1. The van der Waals surface area contributed by atoms with Crippen LogP contribution in [0.15, 0.2) is 109 Å². The van der Waals surface area contributed by atoms with Crippen LogP contribution in [0, 0.1) is 47.8 Å². The third-order valence-electron chi connectivity index (χ3n) is 8.30. The zero-order valence-electron chi connectivity index (χ0n) is 22.1. The van der Waals surface area contributed by atoms with Gasteiger partial charge in [0.15, 0.2) is 11.2 Å². The SMILES string of the molecule is Cc1ccc([C@@H]2C[C@](O)(c3ccccc3)[C@H](C(=O)c3ccccc3)[C@H](c3ccc(C)cc3)C2(C#N)C#N)cc1. The number of nitriles is 2. The first-order valence-corrected chi connectivity index (χ1v) is 13.2. The lowest BCUT2D eigenvalue weighted by Gasteiger charge is -2.53. The Hall–Kier alpha value is -4.51. The van der Waals surface area contributed by atoms with Gasteiger partial charge in [0.05, 0.1) is 18.1 Å². The van der Waals surface area contributed by atoms with Gasteiger partial charge in [-0.25, -0.2) is 0 Å². The molecule has 0 aromatic heterocycles. The van der Waals surface area contributed by atoms with Crippen LogP contribution in [0.3, 0.4) is 0 Å². The molecular weight excluding hydrogens is 480 g/mol. The molecule has 0 unspecified atom stereocenters. The van der Waals surface area contributed by atoms with Gasteiger partial charge < -0.3 is 5.11 Å². The summed E-state index contributed by atoms with van der Waals surface area (Å²) in [4.78, 5) is 14.5. The Morgan fingerprint density at radius 3 is 1.74 bits per heavy atom. The smallest absolute Gasteiger partial charge is 0.169 e. The normalized spacial score (nSPS) is 23.8. The quantitative estimate of drug-likeness (QED) is 0.293. The molecule has 4 aromatic carbocycles. The second-order valence-corrected chi connectivity index (χ2v) is 10.6. The van der Waals surface area contributed by atoms with E-state index in [1.807, 2.05) is 98.8 Å². The van der Waals surface area contributed by atoms with Gasteiger partial charge in [-0.15, -0.1) is 0 Å². The number of carbonyl (C=O) groups excluding carboxylic acids is 1. The molecule has 4 heteroatoms. The number of benzene rings is 4. The summed E-state index contributed by atoms with van der Waals surface area (Å²) in [6.07, 6.45) is 0.0484. The molecule has 192 valence electrons. The molecule has 1 fully saturated rings. The molecule has 4 atom stereocenters. The van der Waals surface area contributed by atoms with Gasteiger partial charge in [0.25, 0.3) is 0 Å². The minimum absolute atomic E-state index is 0.0484. The molecule has 0 heterocycles. The summed E-state index contributed by atoms with van der Waals surface area (Å²) in [6, 6.07) is 38.3. The van der Waals surface area contributed by atoms with Crippen molar-refractivity contribution in [2.45, 2.75) is 37.7 Å². The van der Waals surface area contributed by atoms with Crippen molar-refractivity contribution in [3.8, 4) is 12.1 Å². The van der Waals surface area contributed by atoms with Crippen molar-refractivity contribution in [2.75, 3.05) is 0 Å². The molecule has 0 aliphatic heterocycles. The van der Waals surface area contributed by atoms with Gasteiger partial charge in [-0.2, -0.15) is 10.5 Å². The first-order valence-electron chi connectivity index (χ1n) is 13.2. The Balaban J connectivity index is 1.85. The van der Waals surface area contributed by atoms with Gasteiger partial charge in [0, 0.05) is 17.4 Å². The first kappa shape index (κ1) is 26.1. The fourth-order valence-electron chi connectivity index (χ4n) is 6.26. The molecule has 1 aliphatic rings. The summed E-state index contributed by atoms with van der Waals surface area (Å²) in [5.74, 6) is -2.91. The maximum Gasteiger partial charge on any atom is 0.169 e. The molecule has 1 N–H and O–H groups in total. The van der Waals surface area contributed by atoms with Crippen LogP contribution in [0.25, 0.3) is 0 Å². The number of hydrogen-bond donors (Lipinski definition) is 1. The summed E-state index contributed by atoms with van der Waals surface area (Å²) in [5.41, 5.74) is 1.33. The molecule has 4 nitrogen and oxygen atoms in total. The predicted molar refractivity (Wildman–Crippen MR) is 151 cm³/mol. The van der Waals surface area contributed by atoms with Gasteiger partial charge in [0.2, 0.25) is 0 Å². The summed E-state index contributed by atoms with van der Waals surface area (Å²) in [5, 5.41) is 34.5. The van der Waals surface area contributed by atoms with E-state index >= 15 is 0 Å². The van der Waals surface area contributed by atoms with Gasteiger partial charge in [-0.3, -0.25) is 4.79 Å². The average Bonchev–Trinajstić information content (AvgIpc) is 2.98. The highest BCUT2D eigenvalue weighted by molar-refractivity contribution is 5.99. The number of carbonyl (C=O) groups is 1. The van der Waals surface area contributed by atoms with Crippen molar-refractivity contribution in [1.82, 2.24) is 0 Å². The maximum atomic E-state index is 14.5. The van der Waals surface area contributed by atoms with Gasteiger partial charge in [-0.05, 0) is 37.0 Å². The Morgan fingerprint density at radius 2 is 1.23 bits per heavy atom. The van der Waals surface area contributed by atoms with Crippen molar-refractivity contribution in [3.05, 3.63) is 143 Å². The number of aryl methyl sites for hydroxylation is 2. The Morgan fingerprint density at radius 1 is 0.744 bits per heavy atom. The van der Waals surface area contributed by atoms with E-state index in [-0.39, 0.29) is 12.2 Å². The van der Waals surface area contributed by atoms with Crippen molar-refractivity contribution in [2.24, 2.45) is 11.3 Å². The highest BCUT2D eigenvalue weighted by atomic mass is 16.3. The van der Waals surface area contributed by atoms with Crippen LogP contribution in [0.4, 0.5) is 0 Å². The van der Waals surface area contributed by atoms with Crippen LogP contribution in [0.2, 0.25) is 0 Å². The largest absolute Gasteiger partial charge is 0.384 e. The molecule has 0 saturated heterocycles. The lowest BCUT2D eigenvalue weighted by Crippen LogP contribution is -2.55. The highest BCUT2D eigenvalue weighted by Crippen LogP contribution is 2.63. The Bertz CT molecular complexity index is 1530. The number of nitrogens with zero attached hydrogens (tertiary/aromatic N) is 2. The van der Waals surface area contributed by atoms with Crippen molar-refractivity contribution >= 4 is 5.78 Å². The molecule has 0 bridgehead atoms. The fraction of sp³-hybridized carbons (Fsp3) is 0.229. The summed E-state index contributed by atoms with van der Waals surface area (Å²) < 4.78 is 0. The number of Topliss-reactive ketones (excluding diaryl/α,β-unsaturated/α-hetero) is 1. The zero-order valence-corrected chi connectivity index (χ0v) is 22.1. The molecule has 0 radical (unpaired) electrons. The van der Waals surface area contributed by atoms with E-state index < -0.39 is 28.8 Å². The summed E-state index contributed by atoms with van der Waals surface area (Å²) >= 11 is 0. The number of aliphatic hydroxyl groups is 1. The van der Waals surface area contributed by atoms with Crippen LogP contribution in [-0.4, -0.2) is 10.9 Å². The molecule has 0 amide bonds. The summed E-state index contributed by atoms with van der Waals surface area (Å²) in [7, 11) is 0. The van der Waals surface area contributed by atoms with E-state index in [4.69, 9.17) is 0 Å². The molecule has 5 rings (SSSR count). The number of rotatable bonds is 5. The molecule has 4 aromatic rings. The van der Waals surface area contributed by atoms with E-state index in [9.17, 15) is 20.4 Å². The van der Waals surface area contributed by atoms with Crippen LogP contribution in [-0.2, 0) is 5.60 Å². The van der Waals surface area contributed by atoms with Crippen LogP contribution >= 0.6 is 0 Å². The minimum atomic E-state index is -1.64. The molecule has 1 saturated carbocycles. The van der Waals surface area contributed by atoms with Crippen molar-refractivity contribution in [3.63, 3.8) is 0 Å². The average molecular weight is 511 g/mol. The molecule has 0 spiro atoms. The third-order valence-corrected chi connectivity index (χ3v) is 8.30. The van der Waals surface area contributed by atoms with E-state index in [1.165, 1.54) is 0 Å². The summed E-state index contributed by atoms with van der Waals surface area (Å²) in [6.45, 7) is 3.95. The molecular formula is C35H30N2O2. The van der Waals surface area contributed by atoms with Crippen LogP contribution < -0.4 is 0 Å². The Labute approximate surface area is 229 Å². The second kappa shape index (κ2) is 10.3. The monoisotopic (exact) mass is 510 g/mol. The van der Waals surface area contributed by atoms with E-state index in [0.717, 1.165) is 16.7 Å². The van der Waals surface area contributed by atoms with Crippen molar-refractivity contribution < 1.29 is 9.90 Å². The second-order valence-electron chi connectivity index (χ2n) is 10.6. The standard InChI is InChI=1S/C35H30N2O2/c1-24-13-17-26(18-14-24)30-21-35(39,29-11-7-4-8-12-29)32(33(38)28-9-5-3-6-10-28)31(34(30,22-36)23-37)27-19-15-25(2)16-20-27/h3-20,30-32,39H,21H2,1-2H3/t30-,31-,32-,35-/m0/s1. The lowest BCUT2D eigenvalue weighted by atomic mass is 9.48. The topological polar surface area (TPSA) is 84.9 Å². The van der Waals surface area contributed by atoms with Crippen LogP contribution in [0.1, 0.15) is 56.4 Å². The molecule has 39 heavy (non-hydrogen) atoms. The van der Waals surface area contributed by atoms with E-state index in [1.54, 1.807) is 24.3 Å². The van der Waals surface area contributed by atoms with Gasteiger partial charge in [-0.1, -0.05) is 120 Å². The van der Waals surface area contributed by atoms with E-state index in [2.05, 4.69) is 12.1 Å². The predicted octanol–water partition coefficient (Wildman–Crippen LogP) is 7.00. The van der Waals surface area contributed by atoms with Gasteiger partial charge >= 0.3 is 0 Å². The lowest BCUT2D eigenvalue weighted by molar-refractivity contribution is -0.0783.